The lowest BCUT2D eigenvalue weighted by Gasteiger charge is -2.34. The van der Waals surface area contributed by atoms with Crippen LogP contribution in [0, 0.1) is 0 Å². The minimum atomic E-state index is -4.26. The molecule has 1 aromatic heterocycles. The van der Waals surface area contributed by atoms with Gasteiger partial charge < -0.3 is 15.0 Å². The molecule has 1 aliphatic rings. The number of nitrogens with zero attached hydrogens (tertiary/aromatic N) is 2. The molecule has 0 unspecified atom stereocenters. The molecule has 0 spiro atoms. The first-order chi connectivity index (χ1) is 11.4. The Morgan fingerprint density at radius 2 is 2.04 bits per heavy atom. The largest absolute Gasteiger partial charge is 0.411 e. The monoisotopic (exact) mass is 365 g/mol. The van der Waals surface area contributed by atoms with Crippen molar-refractivity contribution < 1.29 is 22.7 Å². The fourth-order valence-corrected chi connectivity index (χ4v) is 3.10. The fraction of sp³-hybridized carbons (Fsp3) is 0.667. The van der Waals surface area contributed by atoms with Gasteiger partial charge in [-0.2, -0.15) is 24.5 Å². The number of nitrogens with one attached hydrogen (secondary N) is 1. The summed E-state index contributed by atoms with van der Waals surface area (Å²) >= 11 is 1.60. The number of hydrogen-bond acceptors (Lipinski definition) is 4. The van der Waals surface area contributed by atoms with Crippen LogP contribution < -0.4 is 5.32 Å². The minimum Gasteiger partial charge on any atom is -0.372 e. The highest BCUT2D eigenvalue weighted by atomic mass is 32.1. The van der Waals surface area contributed by atoms with Crippen LogP contribution in [0.4, 0.5) is 18.0 Å². The predicted octanol–water partition coefficient (Wildman–Crippen LogP) is 2.54. The van der Waals surface area contributed by atoms with Crippen LogP contribution in [0.2, 0.25) is 0 Å². The number of alkyl halides is 3. The molecule has 2 heterocycles. The third kappa shape index (κ3) is 7.06. The molecule has 5 nitrogen and oxygen atoms in total. The molecule has 136 valence electrons. The minimum absolute atomic E-state index is 0.0747. The topological polar surface area (TPSA) is 44.8 Å². The van der Waals surface area contributed by atoms with Gasteiger partial charge >= 0.3 is 12.2 Å². The van der Waals surface area contributed by atoms with Crippen LogP contribution in [-0.2, 0) is 11.3 Å². The molecule has 0 atom stereocenters. The van der Waals surface area contributed by atoms with E-state index in [2.05, 4.69) is 15.0 Å². The number of piperazine rings is 1. The molecule has 0 saturated carbocycles. The lowest BCUT2D eigenvalue weighted by atomic mass is 10.3. The Kier molecular flexibility index (Phi) is 7.32. The molecule has 2 amide bonds. The number of halogens is 3. The normalized spacial score (nSPS) is 16.4. The number of amides is 2. The molecule has 1 saturated heterocycles. The molecule has 1 fully saturated rings. The molecular formula is C15H22F3N3O2S. The van der Waals surface area contributed by atoms with Crippen LogP contribution in [0.1, 0.15) is 12.0 Å². The zero-order valence-corrected chi connectivity index (χ0v) is 14.2. The van der Waals surface area contributed by atoms with E-state index in [0.29, 0.717) is 32.6 Å². The highest BCUT2D eigenvalue weighted by Crippen LogP contribution is 2.14. The Labute approximate surface area is 143 Å². The number of rotatable bonds is 7. The highest BCUT2D eigenvalue weighted by molar-refractivity contribution is 7.07. The van der Waals surface area contributed by atoms with Crippen molar-refractivity contribution in [1.82, 2.24) is 15.1 Å². The second-order valence-electron chi connectivity index (χ2n) is 5.64. The van der Waals surface area contributed by atoms with Crippen LogP contribution in [0.3, 0.4) is 0 Å². The average Bonchev–Trinajstić information content (AvgIpc) is 3.05. The molecule has 1 aromatic rings. The summed E-state index contributed by atoms with van der Waals surface area (Å²) in [4.78, 5) is 16.0. The Morgan fingerprint density at radius 3 is 2.67 bits per heavy atom. The molecule has 0 radical (unpaired) electrons. The lowest BCUT2D eigenvalue weighted by Crippen LogP contribution is -2.51. The number of hydrogen-bond donors (Lipinski definition) is 1. The molecule has 0 bridgehead atoms. The number of thiophene rings is 1. The van der Waals surface area contributed by atoms with Gasteiger partial charge in [0.2, 0.25) is 0 Å². The van der Waals surface area contributed by atoms with Crippen LogP contribution in [0.5, 0.6) is 0 Å². The first kappa shape index (κ1) is 19.0. The summed E-state index contributed by atoms with van der Waals surface area (Å²) in [6.07, 6.45) is -3.71. The van der Waals surface area contributed by atoms with Crippen molar-refractivity contribution in [3.63, 3.8) is 0 Å². The van der Waals surface area contributed by atoms with E-state index in [1.807, 2.05) is 16.8 Å². The van der Waals surface area contributed by atoms with Crippen molar-refractivity contribution in [2.75, 3.05) is 45.9 Å². The maximum atomic E-state index is 12.1. The van der Waals surface area contributed by atoms with E-state index in [1.165, 1.54) is 0 Å². The molecule has 24 heavy (non-hydrogen) atoms. The lowest BCUT2D eigenvalue weighted by molar-refractivity contribution is -0.174. The number of urea groups is 1. The van der Waals surface area contributed by atoms with Crippen molar-refractivity contribution in [2.24, 2.45) is 0 Å². The van der Waals surface area contributed by atoms with Crippen molar-refractivity contribution in [3.05, 3.63) is 22.4 Å². The van der Waals surface area contributed by atoms with Gasteiger partial charge in [-0.3, -0.25) is 4.90 Å². The molecule has 0 aromatic carbocycles. The van der Waals surface area contributed by atoms with Crippen molar-refractivity contribution >= 4 is 17.4 Å². The maximum Gasteiger partial charge on any atom is 0.411 e. The van der Waals surface area contributed by atoms with Crippen LogP contribution in [0.15, 0.2) is 16.8 Å². The summed E-state index contributed by atoms with van der Waals surface area (Å²) in [5.41, 5.74) is 1.09. The van der Waals surface area contributed by atoms with Gasteiger partial charge in [-0.1, -0.05) is 0 Å². The maximum absolute atomic E-state index is 12.1. The molecule has 1 N–H and O–H groups in total. The summed E-state index contributed by atoms with van der Waals surface area (Å²) in [6, 6.07) is 1.90. The van der Waals surface area contributed by atoms with E-state index in [-0.39, 0.29) is 12.6 Å². The second kappa shape index (κ2) is 9.24. The van der Waals surface area contributed by atoms with Gasteiger partial charge in [-0.25, -0.2) is 4.79 Å². The quantitative estimate of drug-likeness (QED) is 0.756. The van der Waals surface area contributed by atoms with Gasteiger partial charge in [0, 0.05) is 45.9 Å². The fourth-order valence-electron chi connectivity index (χ4n) is 2.44. The van der Waals surface area contributed by atoms with Gasteiger partial charge in [0.15, 0.2) is 0 Å². The second-order valence-corrected chi connectivity index (χ2v) is 6.42. The third-order valence-corrected chi connectivity index (χ3v) is 4.44. The summed E-state index contributed by atoms with van der Waals surface area (Å²) in [6.45, 7) is 2.82. The van der Waals surface area contributed by atoms with E-state index in [0.717, 1.165) is 18.7 Å². The van der Waals surface area contributed by atoms with E-state index >= 15 is 0 Å². The van der Waals surface area contributed by atoms with Gasteiger partial charge in [0.1, 0.15) is 6.61 Å². The SMILES string of the molecule is O=C(NCc1ccsc1)N1CCN(CCCOCC(F)(F)F)CC1. The van der Waals surface area contributed by atoms with Gasteiger partial charge in [-0.15, -0.1) is 0 Å². The predicted molar refractivity (Wildman–Crippen MR) is 86.1 cm³/mol. The van der Waals surface area contributed by atoms with Crippen molar-refractivity contribution in [1.29, 1.82) is 0 Å². The van der Waals surface area contributed by atoms with E-state index in [9.17, 15) is 18.0 Å². The Hall–Kier alpha value is -1.32. The van der Waals surface area contributed by atoms with Crippen molar-refractivity contribution in [2.45, 2.75) is 19.1 Å². The van der Waals surface area contributed by atoms with E-state index in [4.69, 9.17) is 0 Å². The van der Waals surface area contributed by atoms with E-state index < -0.39 is 12.8 Å². The van der Waals surface area contributed by atoms with Gasteiger partial charge in [0.25, 0.3) is 0 Å². The number of ether oxygens (including phenoxy) is 1. The summed E-state index contributed by atoms with van der Waals surface area (Å²) in [5.74, 6) is 0. The van der Waals surface area contributed by atoms with Crippen LogP contribution >= 0.6 is 11.3 Å². The summed E-state index contributed by atoms with van der Waals surface area (Å²) in [5, 5.41) is 6.86. The first-order valence-electron chi connectivity index (χ1n) is 7.85. The molecule has 0 aliphatic carbocycles. The van der Waals surface area contributed by atoms with Crippen molar-refractivity contribution in [3.8, 4) is 0 Å². The molecular weight excluding hydrogens is 343 g/mol. The zero-order valence-electron chi connectivity index (χ0n) is 13.3. The molecule has 9 heteroatoms. The molecule has 2 rings (SSSR count). The smallest absolute Gasteiger partial charge is 0.372 e. The number of carbonyl (C=O) groups excluding carboxylic acids is 1. The van der Waals surface area contributed by atoms with Crippen LogP contribution in [0.25, 0.3) is 0 Å². The Balaban J connectivity index is 1.55. The summed E-state index contributed by atoms with van der Waals surface area (Å²) in [7, 11) is 0. The first-order valence-corrected chi connectivity index (χ1v) is 8.79. The Morgan fingerprint density at radius 1 is 1.29 bits per heavy atom. The zero-order chi connectivity index (χ0) is 17.4. The van der Waals surface area contributed by atoms with E-state index in [1.54, 1.807) is 16.2 Å². The number of carbonyl (C=O) groups is 1. The highest BCUT2D eigenvalue weighted by Gasteiger charge is 2.27. The molecule has 1 aliphatic heterocycles. The summed E-state index contributed by atoms with van der Waals surface area (Å²) < 4.78 is 40.4. The van der Waals surface area contributed by atoms with Gasteiger partial charge in [-0.05, 0) is 28.8 Å². The third-order valence-electron chi connectivity index (χ3n) is 3.71. The average molecular weight is 365 g/mol. The Bertz CT molecular complexity index is 489. The standard InChI is InChI=1S/C15H22F3N3O2S/c16-15(17,18)12-23-8-1-3-20-4-6-21(7-5-20)14(22)19-10-13-2-9-24-11-13/h2,9,11H,1,3-8,10,12H2,(H,19,22). The van der Waals surface area contributed by atoms with Gasteiger partial charge in [0.05, 0.1) is 0 Å². The van der Waals surface area contributed by atoms with Crippen LogP contribution in [-0.4, -0.2) is 67.9 Å².